The fourth-order valence-corrected chi connectivity index (χ4v) is 1.52. The number of aliphatic carboxylic acids is 1. The number of carboxylic acid groups (broad SMARTS) is 1. The quantitative estimate of drug-likeness (QED) is 0.726. The smallest absolute Gasteiger partial charge is 0.306 e. The summed E-state index contributed by atoms with van der Waals surface area (Å²) in [6.07, 6.45) is 1.33. The zero-order valence-corrected chi connectivity index (χ0v) is 12.0. The summed E-state index contributed by atoms with van der Waals surface area (Å²) >= 11 is 0. The standard InChI is InChI=1S/C13H20N4O3/c1-9(13(19)20)5-4-8-14-11-7-6-10(15-16-11)12(18)17(2)3/h6-7,9H,4-5,8H2,1-3H3,(H,14,16)(H,19,20). The van der Waals surface area contributed by atoms with Crippen LogP contribution < -0.4 is 5.32 Å². The second-order valence-electron chi connectivity index (χ2n) is 4.81. The molecule has 1 aromatic heterocycles. The summed E-state index contributed by atoms with van der Waals surface area (Å²) in [5, 5.41) is 19.5. The summed E-state index contributed by atoms with van der Waals surface area (Å²) < 4.78 is 0. The van der Waals surface area contributed by atoms with Gasteiger partial charge in [-0.15, -0.1) is 10.2 Å². The predicted octanol–water partition coefficient (Wildman–Crippen LogP) is 1.09. The molecule has 110 valence electrons. The highest BCUT2D eigenvalue weighted by Gasteiger charge is 2.11. The van der Waals surface area contributed by atoms with Gasteiger partial charge in [0.2, 0.25) is 0 Å². The molecule has 0 radical (unpaired) electrons. The van der Waals surface area contributed by atoms with Crippen molar-refractivity contribution >= 4 is 17.7 Å². The highest BCUT2D eigenvalue weighted by Crippen LogP contribution is 2.07. The van der Waals surface area contributed by atoms with Gasteiger partial charge in [0.25, 0.3) is 5.91 Å². The zero-order valence-electron chi connectivity index (χ0n) is 12.0. The molecular weight excluding hydrogens is 260 g/mol. The van der Waals surface area contributed by atoms with Crippen LogP contribution in [0.15, 0.2) is 12.1 Å². The minimum atomic E-state index is -0.781. The summed E-state index contributed by atoms with van der Waals surface area (Å²) in [6, 6.07) is 3.29. The lowest BCUT2D eigenvalue weighted by atomic mass is 10.1. The number of hydrogen-bond acceptors (Lipinski definition) is 5. The van der Waals surface area contributed by atoms with Gasteiger partial charge in [-0.05, 0) is 25.0 Å². The molecule has 7 nitrogen and oxygen atoms in total. The van der Waals surface area contributed by atoms with Crippen LogP contribution in [0.25, 0.3) is 0 Å². The third-order valence-corrected chi connectivity index (χ3v) is 2.83. The summed E-state index contributed by atoms with van der Waals surface area (Å²) in [7, 11) is 3.31. The van der Waals surface area contributed by atoms with Crippen molar-refractivity contribution in [1.82, 2.24) is 15.1 Å². The van der Waals surface area contributed by atoms with Crippen LogP contribution in [-0.2, 0) is 4.79 Å². The minimum absolute atomic E-state index is 0.195. The number of carbonyl (C=O) groups is 2. The Bertz CT molecular complexity index is 459. The van der Waals surface area contributed by atoms with Gasteiger partial charge in [-0.3, -0.25) is 9.59 Å². The van der Waals surface area contributed by atoms with Gasteiger partial charge in [-0.25, -0.2) is 0 Å². The van der Waals surface area contributed by atoms with E-state index in [0.717, 1.165) is 6.42 Å². The number of hydrogen-bond donors (Lipinski definition) is 2. The van der Waals surface area contributed by atoms with Crippen molar-refractivity contribution in [2.45, 2.75) is 19.8 Å². The van der Waals surface area contributed by atoms with Crippen molar-refractivity contribution in [1.29, 1.82) is 0 Å². The third kappa shape index (κ3) is 4.83. The van der Waals surface area contributed by atoms with E-state index >= 15 is 0 Å². The van der Waals surface area contributed by atoms with Crippen LogP contribution in [0.2, 0.25) is 0 Å². The van der Waals surface area contributed by atoms with E-state index in [9.17, 15) is 9.59 Å². The SMILES string of the molecule is CC(CCCNc1ccc(C(=O)N(C)C)nn1)C(=O)O. The first-order chi connectivity index (χ1) is 9.41. The molecule has 0 saturated carbocycles. The Labute approximate surface area is 118 Å². The molecule has 0 aliphatic carbocycles. The third-order valence-electron chi connectivity index (χ3n) is 2.83. The van der Waals surface area contributed by atoms with E-state index < -0.39 is 5.97 Å². The van der Waals surface area contributed by atoms with Crippen molar-refractivity contribution in [2.24, 2.45) is 5.92 Å². The summed E-state index contributed by atoms with van der Waals surface area (Å²) in [6.45, 7) is 2.30. The molecule has 7 heteroatoms. The monoisotopic (exact) mass is 280 g/mol. The summed E-state index contributed by atoms with van der Waals surface area (Å²) in [4.78, 5) is 23.7. The Morgan fingerprint density at radius 2 is 2.05 bits per heavy atom. The number of anilines is 1. The Morgan fingerprint density at radius 3 is 2.55 bits per heavy atom. The molecule has 0 bridgehead atoms. The zero-order chi connectivity index (χ0) is 15.1. The Hall–Kier alpha value is -2.18. The van der Waals surface area contributed by atoms with E-state index in [0.29, 0.717) is 24.5 Å². The second-order valence-corrected chi connectivity index (χ2v) is 4.81. The van der Waals surface area contributed by atoms with E-state index in [1.165, 1.54) is 4.90 Å². The topological polar surface area (TPSA) is 95.4 Å². The highest BCUT2D eigenvalue weighted by atomic mass is 16.4. The highest BCUT2D eigenvalue weighted by molar-refractivity contribution is 5.91. The van der Waals surface area contributed by atoms with E-state index in [-0.39, 0.29) is 11.8 Å². The van der Waals surface area contributed by atoms with Crippen LogP contribution in [0, 0.1) is 5.92 Å². The molecule has 0 aromatic carbocycles. The van der Waals surface area contributed by atoms with Crippen LogP contribution in [-0.4, -0.2) is 52.7 Å². The molecule has 1 rings (SSSR count). The van der Waals surface area contributed by atoms with Gasteiger partial charge in [0.05, 0.1) is 5.92 Å². The van der Waals surface area contributed by atoms with Crippen molar-refractivity contribution < 1.29 is 14.7 Å². The van der Waals surface area contributed by atoms with Crippen LogP contribution in [0.5, 0.6) is 0 Å². The van der Waals surface area contributed by atoms with Gasteiger partial charge in [0.1, 0.15) is 5.82 Å². The molecule has 1 aromatic rings. The van der Waals surface area contributed by atoms with E-state index in [4.69, 9.17) is 5.11 Å². The average molecular weight is 280 g/mol. The molecule has 1 unspecified atom stereocenters. The number of carbonyl (C=O) groups excluding carboxylic acids is 1. The first-order valence-corrected chi connectivity index (χ1v) is 6.44. The number of nitrogens with zero attached hydrogens (tertiary/aromatic N) is 3. The number of amides is 1. The Kier molecular flexibility index (Phi) is 5.89. The van der Waals surface area contributed by atoms with Gasteiger partial charge in [0, 0.05) is 20.6 Å². The normalized spacial score (nSPS) is 11.8. The molecule has 1 atom stereocenters. The molecule has 1 heterocycles. The van der Waals surface area contributed by atoms with Gasteiger partial charge < -0.3 is 15.3 Å². The molecule has 0 spiro atoms. The maximum atomic E-state index is 11.6. The lowest BCUT2D eigenvalue weighted by Crippen LogP contribution is -2.23. The summed E-state index contributed by atoms with van der Waals surface area (Å²) in [5.41, 5.74) is 0.292. The van der Waals surface area contributed by atoms with Gasteiger partial charge in [0.15, 0.2) is 5.69 Å². The molecule has 0 saturated heterocycles. The number of aromatic nitrogens is 2. The second kappa shape index (κ2) is 7.42. The van der Waals surface area contributed by atoms with Crippen LogP contribution in [0.4, 0.5) is 5.82 Å². The fourth-order valence-electron chi connectivity index (χ4n) is 1.52. The largest absolute Gasteiger partial charge is 0.481 e. The molecule has 0 aliphatic heterocycles. The van der Waals surface area contributed by atoms with Crippen LogP contribution in [0.1, 0.15) is 30.3 Å². The average Bonchev–Trinajstić information content (AvgIpc) is 2.43. The number of rotatable bonds is 7. The van der Waals surface area contributed by atoms with Crippen LogP contribution >= 0.6 is 0 Å². The Balaban J connectivity index is 2.39. The van der Waals surface area contributed by atoms with Gasteiger partial charge >= 0.3 is 5.97 Å². The lowest BCUT2D eigenvalue weighted by molar-refractivity contribution is -0.141. The fraction of sp³-hybridized carbons (Fsp3) is 0.538. The molecule has 0 fully saturated rings. The van der Waals surface area contributed by atoms with E-state index in [2.05, 4.69) is 15.5 Å². The first kappa shape index (κ1) is 15.9. The summed E-state index contributed by atoms with van der Waals surface area (Å²) in [5.74, 6) is -0.748. The number of nitrogens with one attached hydrogen (secondary N) is 1. The molecule has 2 N–H and O–H groups in total. The van der Waals surface area contributed by atoms with Crippen molar-refractivity contribution in [2.75, 3.05) is 26.0 Å². The Morgan fingerprint density at radius 1 is 1.35 bits per heavy atom. The molecular formula is C13H20N4O3. The predicted molar refractivity (Wildman–Crippen MR) is 74.6 cm³/mol. The van der Waals surface area contributed by atoms with Gasteiger partial charge in [-0.1, -0.05) is 6.92 Å². The molecule has 0 aliphatic rings. The molecule has 20 heavy (non-hydrogen) atoms. The minimum Gasteiger partial charge on any atom is -0.481 e. The van der Waals surface area contributed by atoms with Crippen molar-refractivity contribution in [3.05, 3.63) is 17.8 Å². The number of carboxylic acids is 1. The van der Waals surface area contributed by atoms with Gasteiger partial charge in [-0.2, -0.15) is 0 Å². The maximum Gasteiger partial charge on any atom is 0.306 e. The van der Waals surface area contributed by atoms with E-state index in [1.54, 1.807) is 33.2 Å². The first-order valence-electron chi connectivity index (χ1n) is 6.44. The lowest BCUT2D eigenvalue weighted by Gasteiger charge is -2.10. The van der Waals surface area contributed by atoms with Crippen molar-refractivity contribution in [3.8, 4) is 0 Å². The van der Waals surface area contributed by atoms with Crippen molar-refractivity contribution in [3.63, 3.8) is 0 Å². The molecule has 1 amide bonds. The van der Waals surface area contributed by atoms with Crippen LogP contribution in [0.3, 0.4) is 0 Å². The maximum absolute atomic E-state index is 11.6. The van der Waals surface area contributed by atoms with E-state index in [1.807, 2.05) is 0 Å².